The third-order valence-electron chi connectivity index (χ3n) is 3.75. The average molecular weight is 271 g/mol. The molecular weight excluding hydrogens is 254 g/mol. The van der Waals surface area contributed by atoms with Gasteiger partial charge in [0.25, 0.3) is 0 Å². The highest BCUT2D eigenvalue weighted by atomic mass is 16.3. The SMILES string of the molecule is Oc1cccc(CC2NCCc3cc(O)c(O)cc32)c1. The Hall–Kier alpha value is -2.20. The minimum atomic E-state index is -0.0895. The van der Waals surface area contributed by atoms with Crippen LogP contribution in [0.2, 0.25) is 0 Å². The molecule has 2 aromatic carbocycles. The van der Waals surface area contributed by atoms with Gasteiger partial charge in [0.1, 0.15) is 5.75 Å². The molecule has 4 heteroatoms. The second-order valence-corrected chi connectivity index (χ2v) is 5.17. The summed E-state index contributed by atoms with van der Waals surface area (Å²) in [6.07, 6.45) is 1.56. The number of aromatic hydroxyl groups is 3. The van der Waals surface area contributed by atoms with E-state index < -0.39 is 0 Å². The van der Waals surface area contributed by atoms with Crippen molar-refractivity contribution in [3.8, 4) is 17.2 Å². The lowest BCUT2D eigenvalue weighted by Crippen LogP contribution is -2.31. The molecule has 2 aromatic rings. The van der Waals surface area contributed by atoms with Crippen molar-refractivity contribution < 1.29 is 15.3 Å². The Labute approximate surface area is 117 Å². The minimum Gasteiger partial charge on any atom is -0.508 e. The molecule has 0 radical (unpaired) electrons. The van der Waals surface area contributed by atoms with E-state index in [1.54, 1.807) is 24.3 Å². The number of phenols is 3. The van der Waals surface area contributed by atoms with Crippen molar-refractivity contribution in [1.82, 2.24) is 5.32 Å². The van der Waals surface area contributed by atoms with Gasteiger partial charge in [-0.05, 0) is 60.3 Å². The Morgan fingerprint density at radius 2 is 1.85 bits per heavy atom. The Morgan fingerprint density at radius 3 is 2.65 bits per heavy atom. The van der Waals surface area contributed by atoms with Gasteiger partial charge in [0.05, 0.1) is 0 Å². The molecule has 104 valence electrons. The fraction of sp³-hybridized carbons (Fsp3) is 0.250. The van der Waals surface area contributed by atoms with Crippen molar-refractivity contribution in [3.63, 3.8) is 0 Å². The smallest absolute Gasteiger partial charge is 0.157 e. The lowest BCUT2D eigenvalue weighted by Gasteiger charge is -2.27. The van der Waals surface area contributed by atoms with Crippen molar-refractivity contribution in [2.24, 2.45) is 0 Å². The van der Waals surface area contributed by atoms with Crippen LogP contribution in [0.15, 0.2) is 36.4 Å². The van der Waals surface area contributed by atoms with Crippen LogP contribution in [0, 0.1) is 0 Å². The van der Waals surface area contributed by atoms with Crippen molar-refractivity contribution in [1.29, 1.82) is 0 Å². The highest BCUT2D eigenvalue weighted by molar-refractivity contribution is 5.48. The van der Waals surface area contributed by atoms with Crippen LogP contribution >= 0.6 is 0 Å². The van der Waals surface area contributed by atoms with Crippen LogP contribution in [0.5, 0.6) is 17.2 Å². The number of rotatable bonds is 2. The van der Waals surface area contributed by atoms with Crippen molar-refractivity contribution in [3.05, 3.63) is 53.1 Å². The maximum absolute atomic E-state index is 9.69. The molecule has 4 N–H and O–H groups in total. The van der Waals surface area contributed by atoms with Crippen LogP contribution in [0.1, 0.15) is 22.7 Å². The van der Waals surface area contributed by atoms with Crippen LogP contribution in [-0.4, -0.2) is 21.9 Å². The van der Waals surface area contributed by atoms with Crippen LogP contribution < -0.4 is 5.32 Å². The van der Waals surface area contributed by atoms with Gasteiger partial charge in [0.2, 0.25) is 0 Å². The molecule has 0 aromatic heterocycles. The first-order valence-electron chi connectivity index (χ1n) is 6.69. The predicted octanol–water partition coefficient (Wildman–Crippen LogP) is 2.23. The number of nitrogens with one attached hydrogen (secondary N) is 1. The van der Waals surface area contributed by atoms with E-state index in [0.717, 1.165) is 36.1 Å². The van der Waals surface area contributed by atoms with Gasteiger partial charge in [-0.1, -0.05) is 12.1 Å². The largest absolute Gasteiger partial charge is 0.508 e. The maximum Gasteiger partial charge on any atom is 0.157 e. The number of fused-ring (bicyclic) bond motifs is 1. The molecular formula is C16H17NO3. The monoisotopic (exact) mass is 271 g/mol. The molecule has 0 spiro atoms. The summed E-state index contributed by atoms with van der Waals surface area (Å²) in [5.74, 6) is 0.0993. The molecule has 20 heavy (non-hydrogen) atoms. The predicted molar refractivity (Wildman–Crippen MR) is 76.0 cm³/mol. The molecule has 0 fully saturated rings. The lowest BCUT2D eigenvalue weighted by atomic mass is 9.90. The summed E-state index contributed by atoms with van der Waals surface area (Å²) >= 11 is 0. The molecule has 0 aliphatic carbocycles. The van der Waals surface area contributed by atoms with Crippen LogP contribution in [-0.2, 0) is 12.8 Å². The molecule has 1 aliphatic rings. The zero-order valence-corrected chi connectivity index (χ0v) is 11.0. The van der Waals surface area contributed by atoms with Gasteiger partial charge in [-0.3, -0.25) is 0 Å². The number of benzene rings is 2. The van der Waals surface area contributed by atoms with E-state index in [-0.39, 0.29) is 23.3 Å². The molecule has 0 amide bonds. The third kappa shape index (κ3) is 2.42. The first-order chi connectivity index (χ1) is 9.63. The highest BCUT2D eigenvalue weighted by Gasteiger charge is 2.22. The molecule has 1 atom stereocenters. The Morgan fingerprint density at radius 1 is 1.05 bits per heavy atom. The highest BCUT2D eigenvalue weighted by Crippen LogP contribution is 2.35. The van der Waals surface area contributed by atoms with Gasteiger partial charge in [0, 0.05) is 6.04 Å². The lowest BCUT2D eigenvalue weighted by molar-refractivity contribution is 0.398. The normalized spacial score (nSPS) is 17.7. The van der Waals surface area contributed by atoms with E-state index in [0.29, 0.717) is 0 Å². The van der Waals surface area contributed by atoms with Gasteiger partial charge in [-0.2, -0.15) is 0 Å². The summed E-state index contributed by atoms with van der Waals surface area (Å²) < 4.78 is 0. The minimum absolute atomic E-state index is 0.0678. The Bertz CT molecular complexity index is 640. The van der Waals surface area contributed by atoms with E-state index in [2.05, 4.69) is 5.32 Å². The van der Waals surface area contributed by atoms with Gasteiger partial charge in [0.15, 0.2) is 11.5 Å². The van der Waals surface area contributed by atoms with E-state index in [9.17, 15) is 15.3 Å². The van der Waals surface area contributed by atoms with Gasteiger partial charge < -0.3 is 20.6 Å². The van der Waals surface area contributed by atoms with E-state index in [1.165, 1.54) is 0 Å². The number of hydrogen-bond donors (Lipinski definition) is 4. The van der Waals surface area contributed by atoms with E-state index in [1.807, 2.05) is 12.1 Å². The van der Waals surface area contributed by atoms with Crippen LogP contribution in [0.4, 0.5) is 0 Å². The maximum atomic E-state index is 9.69. The van der Waals surface area contributed by atoms with Crippen LogP contribution in [0.3, 0.4) is 0 Å². The summed E-state index contributed by atoms with van der Waals surface area (Å²) in [5.41, 5.74) is 3.10. The topological polar surface area (TPSA) is 72.7 Å². The fourth-order valence-electron chi connectivity index (χ4n) is 2.77. The van der Waals surface area contributed by atoms with E-state index in [4.69, 9.17) is 0 Å². The quantitative estimate of drug-likeness (QED) is 0.632. The number of hydrogen-bond acceptors (Lipinski definition) is 4. The standard InChI is InChI=1S/C16H17NO3/c18-12-3-1-2-10(6-12)7-14-13-9-16(20)15(19)8-11(13)4-5-17-14/h1-3,6,8-9,14,17-20H,4-5,7H2. The summed E-state index contributed by atoms with van der Waals surface area (Å²) in [6, 6.07) is 10.5. The molecule has 0 bridgehead atoms. The molecule has 1 aliphatic heterocycles. The fourth-order valence-corrected chi connectivity index (χ4v) is 2.77. The molecule has 4 nitrogen and oxygen atoms in total. The number of phenolic OH excluding ortho intramolecular Hbond substituents is 3. The molecule has 0 saturated heterocycles. The van der Waals surface area contributed by atoms with Crippen molar-refractivity contribution >= 4 is 0 Å². The molecule has 0 saturated carbocycles. The molecule has 3 rings (SSSR count). The Kier molecular flexibility index (Phi) is 3.24. The van der Waals surface area contributed by atoms with Crippen LogP contribution in [0.25, 0.3) is 0 Å². The average Bonchev–Trinajstić information content (AvgIpc) is 2.41. The second kappa shape index (κ2) is 5.06. The summed E-state index contributed by atoms with van der Waals surface area (Å²) in [5, 5.41) is 32.2. The van der Waals surface area contributed by atoms with Crippen molar-refractivity contribution in [2.45, 2.75) is 18.9 Å². The summed E-state index contributed by atoms with van der Waals surface area (Å²) in [7, 11) is 0. The van der Waals surface area contributed by atoms with E-state index >= 15 is 0 Å². The first kappa shape index (κ1) is 12.8. The molecule has 1 unspecified atom stereocenters. The first-order valence-corrected chi connectivity index (χ1v) is 6.69. The molecule has 1 heterocycles. The van der Waals surface area contributed by atoms with Gasteiger partial charge >= 0.3 is 0 Å². The van der Waals surface area contributed by atoms with Crippen molar-refractivity contribution in [2.75, 3.05) is 6.54 Å². The summed E-state index contributed by atoms with van der Waals surface area (Å²) in [6.45, 7) is 0.834. The second-order valence-electron chi connectivity index (χ2n) is 5.17. The zero-order chi connectivity index (χ0) is 14.1. The Balaban J connectivity index is 1.92. The summed E-state index contributed by atoms with van der Waals surface area (Å²) in [4.78, 5) is 0. The zero-order valence-electron chi connectivity index (χ0n) is 11.0. The van der Waals surface area contributed by atoms with Gasteiger partial charge in [-0.15, -0.1) is 0 Å². The van der Waals surface area contributed by atoms with Gasteiger partial charge in [-0.25, -0.2) is 0 Å². The third-order valence-corrected chi connectivity index (χ3v) is 3.75.